The van der Waals surface area contributed by atoms with Crippen LogP contribution >= 0.6 is 11.8 Å². The second kappa shape index (κ2) is 8.01. The highest BCUT2D eigenvalue weighted by Gasteiger charge is 2.22. The molecule has 0 amide bonds. The van der Waals surface area contributed by atoms with E-state index in [1.807, 2.05) is 60.7 Å². The van der Waals surface area contributed by atoms with Gasteiger partial charge >= 0.3 is 0 Å². The highest BCUT2D eigenvalue weighted by molar-refractivity contribution is 8.13. The summed E-state index contributed by atoms with van der Waals surface area (Å²) in [6.45, 7) is 1.80. The number of benzene rings is 2. The highest BCUT2D eigenvalue weighted by atomic mass is 32.2. The van der Waals surface area contributed by atoms with Gasteiger partial charge < -0.3 is 5.11 Å². The number of aliphatic hydroxyl groups excluding tert-OH is 1. The molecular weight excluding hydrogens is 280 g/mol. The van der Waals surface area contributed by atoms with E-state index in [2.05, 4.69) is 0 Å². The molecule has 0 spiro atoms. The summed E-state index contributed by atoms with van der Waals surface area (Å²) in [5.74, 6) is 0.293. The van der Waals surface area contributed by atoms with E-state index >= 15 is 0 Å². The van der Waals surface area contributed by atoms with Crippen molar-refractivity contribution in [2.45, 2.75) is 25.2 Å². The van der Waals surface area contributed by atoms with Crippen molar-refractivity contribution in [3.05, 3.63) is 71.8 Å². The van der Waals surface area contributed by atoms with E-state index in [1.165, 1.54) is 11.8 Å². The molecule has 2 atom stereocenters. The lowest BCUT2D eigenvalue weighted by Gasteiger charge is -2.17. The van der Waals surface area contributed by atoms with Gasteiger partial charge in [-0.1, -0.05) is 79.3 Å². The molecule has 0 radical (unpaired) electrons. The van der Waals surface area contributed by atoms with Crippen LogP contribution in [0.4, 0.5) is 0 Å². The summed E-state index contributed by atoms with van der Waals surface area (Å²) in [4.78, 5) is 12.2. The van der Waals surface area contributed by atoms with Crippen LogP contribution < -0.4 is 0 Å². The Bertz CT molecular complexity index is 554. The van der Waals surface area contributed by atoms with E-state index in [0.29, 0.717) is 12.2 Å². The molecule has 0 fully saturated rings. The van der Waals surface area contributed by atoms with Crippen molar-refractivity contribution in [2.24, 2.45) is 5.92 Å². The minimum absolute atomic E-state index is 0.0438. The first kappa shape index (κ1) is 15.8. The van der Waals surface area contributed by atoms with Gasteiger partial charge in [0.1, 0.15) is 0 Å². The van der Waals surface area contributed by atoms with Crippen LogP contribution in [0.3, 0.4) is 0 Å². The Labute approximate surface area is 130 Å². The zero-order valence-electron chi connectivity index (χ0n) is 12.1. The van der Waals surface area contributed by atoms with Gasteiger partial charge in [-0.25, -0.2) is 0 Å². The van der Waals surface area contributed by atoms with E-state index in [0.717, 1.165) is 11.1 Å². The average molecular weight is 300 g/mol. The molecule has 0 bridgehead atoms. The van der Waals surface area contributed by atoms with Crippen LogP contribution in [0, 0.1) is 5.92 Å². The van der Waals surface area contributed by atoms with Gasteiger partial charge in [0.2, 0.25) is 0 Å². The molecule has 0 saturated heterocycles. The summed E-state index contributed by atoms with van der Waals surface area (Å²) < 4.78 is 0. The number of aliphatic hydroxyl groups is 1. The van der Waals surface area contributed by atoms with Gasteiger partial charge in [-0.3, -0.25) is 4.79 Å². The number of hydrogen-bond donors (Lipinski definition) is 1. The fraction of sp³-hybridized carbons (Fsp3) is 0.278. The van der Waals surface area contributed by atoms with E-state index in [4.69, 9.17) is 0 Å². The summed E-state index contributed by atoms with van der Waals surface area (Å²) in [5.41, 5.74) is 2.18. The maximum atomic E-state index is 12.2. The van der Waals surface area contributed by atoms with Gasteiger partial charge in [-0.15, -0.1) is 0 Å². The van der Waals surface area contributed by atoms with E-state index in [9.17, 15) is 9.90 Å². The fourth-order valence-corrected chi connectivity index (χ4v) is 2.97. The van der Waals surface area contributed by atoms with Crippen LogP contribution in [-0.2, 0) is 17.0 Å². The van der Waals surface area contributed by atoms with Crippen LogP contribution in [0.2, 0.25) is 0 Å². The lowest BCUT2D eigenvalue weighted by Crippen LogP contribution is -2.26. The lowest BCUT2D eigenvalue weighted by atomic mass is 9.99. The Morgan fingerprint density at radius 2 is 1.52 bits per heavy atom. The Hall–Kier alpha value is -1.58. The van der Waals surface area contributed by atoms with Crippen molar-refractivity contribution in [1.82, 2.24) is 0 Å². The molecule has 2 rings (SSSR count). The Kier molecular flexibility index (Phi) is 6.03. The molecule has 0 aliphatic rings. The molecule has 0 aliphatic carbocycles. The number of hydrogen-bond acceptors (Lipinski definition) is 3. The number of rotatable bonds is 6. The predicted molar refractivity (Wildman–Crippen MR) is 88.1 cm³/mol. The number of carbonyl (C=O) groups excluding carboxylic acids is 1. The van der Waals surface area contributed by atoms with Crippen molar-refractivity contribution in [1.29, 1.82) is 0 Å². The standard InChI is InChI=1S/C18H20O2S/c1-14(17(19)12-15-8-4-2-5-9-15)18(20)21-13-16-10-6-3-7-11-16/h2-11,14,17,19H,12-13H2,1H3. The summed E-state index contributed by atoms with van der Waals surface area (Å²) in [6, 6.07) is 19.7. The maximum absolute atomic E-state index is 12.2. The number of thioether (sulfide) groups is 1. The second-order valence-electron chi connectivity index (χ2n) is 5.14. The van der Waals surface area contributed by atoms with Gasteiger partial charge in [0.25, 0.3) is 0 Å². The third kappa shape index (κ3) is 5.03. The third-order valence-electron chi connectivity index (χ3n) is 3.46. The first-order valence-electron chi connectivity index (χ1n) is 7.09. The molecule has 0 saturated carbocycles. The molecule has 2 unspecified atom stereocenters. The van der Waals surface area contributed by atoms with Crippen molar-refractivity contribution in [3.8, 4) is 0 Å². The highest BCUT2D eigenvalue weighted by Crippen LogP contribution is 2.21. The SMILES string of the molecule is CC(C(=O)SCc1ccccc1)C(O)Cc1ccccc1. The average Bonchev–Trinajstić information content (AvgIpc) is 2.53. The Balaban J connectivity index is 1.84. The van der Waals surface area contributed by atoms with Crippen molar-refractivity contribution < 1.29 is 9.90 Å². The molecule has 2 aromatic rings. The van der Waals surface area contributed by atoms with Gasteiger partial charge in [0.05, 0.1) is 12.0 Å². The van der Waals surface area contributed by atoms with Crippen molar-refractivity contribution in [3.63, 3.8) is 0 Å². The quantitative estimate of drug-likeness (QED) is 0.884. The zero-order chi connectivity index (χ0) is 15.1. The molecule has 2 nitrogen and oxygen atoms in total. The molecule has 2 aromatic carbocycles. The summed E-state index contributed by atoms with van der Waals surface area (Å²) in [5, 5.41) is 10.2. The van der Waals surface area contributed by atoms with Crippen molar-refractivity contribution >= 4 is 16.9 Å². The van der Waals surface area contributed by atoms with E-state index in [-0.39, 0.29) is 11.0 Å². The summed E-state index contributed by atoms with van der Waals surface area (Å²) in [7, 11) is 0. The fourth-order valence-electron chi connectivity index (χ4n) is 2.05. The van der Waals surface area contributed by atoms with E-state index < -0.39 is 6.10 Å². The van der Waals surface area contributed by atoms with Gasteiger partial charge in [0.15, 0.2) is 5.12 Å². The molecule has 21 heavy (non-hydrogen) atoms. The van der Waals surface area contributed by atoms with E-state index in [1.54, 1.807) is 6.92 Å². The largest absolute Gasteiger partial charge is 0.392 e. The smallest absolute Gasteiger partial charge is 0.194 e. The topological polar surface area (TPSA) is 37.3 Å². The monoisotopic (exact) mass is 300 g/mol. The molecule has 0 heterocycles. The predicted octanol–water partition coefficient (Wildman–Crippen LogP) is 3.69. The second-order valence-corrected chi connectivity index (χ2v) is 6.12. The van der Waals surface area contributed by atoms with Gasteiger partial charge in [0, 0.05) is 5.75 Å². The van der Waals surface area contributed by atoms with Gasteiger partial charge in [-0.2, -0.15) is 0 Å². The third-order valence-corrected chi connectivity index (χ3v) is 4.59. The first-order chi connectivity index (χ1) is 10.2. The van der Waals surface area contributed by atoms with Crippen LogP contribution in [0.5, 0.6) is 0 Å². The van der Waals surface area contributed by atoms with Crippen LogP contribution in [0.25, 0.3) is 0 Å². The first-order valence-corrected chi connectivity index (χ1v) is 8.08. The normalized spacial score (nSPS) is 13.6. The molecule has 0 aliphatic heterocycles. The van der Waals surface area contributed by atoms with Crippen LogP contribution in [-0.4, -0.2) is 16.3 Å². The Morgan fingerprint density at radius 3 is 2.10 bits per heavy atom. The maximum Gasteiger partial charge on any atom is 0.194 e. The van der Waals surface area contributed by atoms with Crippen LogP contribution in [0.15, 0.2) is 60.7 Å². The molecule has 3 heteroatoms. The number of carbonyl (C=O) groups is 1. The summed E-state index contributed by atoms with van der Waals surface area (Å²) in [6.07, 6.45) is -0.122. The minimum atomic E-state index is -0.636. The minimum Gasteiger partial charge on any atom is -0.392 e. The zero-order valence-corrected chi connectivity index (χ0v) is 12.9. The molecular formula is C18H20O2S. The Morgan fingerprint density at radius 1 is 1.00 bits per heavy atom. The lowest BCUT2D eigenvalue weighted by molar-refractivity contribution is -0.116. The van der Waals surface area contributed by atoms with Crippen LogP contribution in [0.1, 0.15) is 18.1 Å². The van der Waals surface area contributed by atoms with Crippen molar-refractivity contribution in [2.75, 3.05) is 0 Å². The molecule has 0 aromatic heterocycles. The summed E-state index contributed by atoms with van der Waals surface area (Å²) >= 11 is 1.28. The molecule has 1 N–H and O–H groups in total. The molecule has 110 valence electrons. The van der Waals surface area contributed by atoms with Gasteiger partial charge in [-0.05, 0) is 17.5 Å².